The third-order valence-electron chi connectivity index (χ3n) is 3.96. The van der Waals surface area contributed by atoms with Crippen LogP contribution < -0.4 is 5.32 Å². The normalized spacial score (nSPS) is 9.62. The summed E-state index contributed by atoms with van der Waals surface area (Å²) in [6.07, 6.45) is 3.27. The molecule has 0 unspecified atom stereocenters. The van der Waals surface area contributed by atoms with Crippen molar-refractivity contribution < 1.29 is 59.7 Å². The Morgan fingerprint density at radius 3 is 2.44 bits per heavy atom. The topological polar surface area (TPSA) is 95.4 Å². The molecule has 1 aromatic carbocycles. The van der Waals surface area contributed by atoms with Crippen LogP contribution in [0.3, 0.4) is 0 Å². The number of carbonyl (C=O) groups excluding carboxylic acids is 2. The second-order valence-corrected chi connectivity index (χ2v) is 8.50. The number of pyridine rings is 1. The molecule has 0 spiro atoms. The van der Waals surface area contributed by atoms with E-state index in [1.807, 2.05) is 0 Å². The molecule has 13 heteroatoms. The average Bonchev–Trinajstić information content (AvgIpc) is 3.16. The van der Waals surface area contributed by atoms with Gasteiger partial charge in [0.05, 0.1) is 5.02 Å². The van der Waals surface area contributed by atoms with E-state index in [-0.39, 0.29) is 72.9 Å². The molecule has 0 atom stereocenters. The van der Waals surface area contributed by atoms with Gasteiger partial charge in [0, 0.05) is 66.9 Å². The second kappa shape index (κ2) is 16.2. The number of halogens is 3. The third-order valence-corrected chi connectivity index (χ3v) is 5.14. The van der Waals surface area contributed by atoms with Gasteiger partial charge >= 0.3 is 0 Å². The third kappa shape index (κ3) is 8.81. The molecule has 1 N–H and O–H groups in total. The Hall–Kier alpha value is -0.604. The van der Waals surface area contributed by atoms with E-state index in [4.69, 9.17) is 11.6 Å². The maximum absolute atomic E-state index is 13.0. The number of nitrogens with one attached hydrogen (secondary N) is 1. The molecule has 3 aromatic rings. The van der Waals surface area contributed by atoms with Crippen LogP contribution in [0.5, 0.6) is 0 Å². The molecule has 0 aliphatic carbocycles. The molecular weight excluding hydrogens is 704 g/mol. The Bertz CT molecular complexity index is 1120. The smallest absolute Gasteiger partial charge is 0.270 e. The number of rotatable bonds is 5. The number of hydrogen-bond acceptors (Lipinski definition) is 3. The fourth-order valence-electron chi connectivity index (χ4n) is 2.52. The molecule has 8 nitrogen and oxygen atoms in total. The number of nitrogens with zero attached hydrogens (tertiary/aromatic N) is 5. The molecule has 1 radical (unpaired) electrons. The molecule has 179 valence electrons. The minimum atomic E-state index is -0.457. The summed E-state index contributed by atoms with van der Waals surface area (Å²) in [5.74, 6) is -0.434. The first-order valence-electron chi connectivity index (χ1n) is 9.10. The average molecular weight is 725 g/mol. The minimum absolute atomic E-state index is 0. The van der Waals surface area contributed by atoms with E-state index < -0.39 is 5.91 Å². The van der Waals surface area contributed by atoms with Crippen LogP contribution in [0.2, 0.25) is 5.02 Å². The molecule has 3 rings (SSSR count). The first-order valence-corrected chi connectivity index (χ1v) is 11.1. The fourth-order valence-corrected chi connectivity index (χ4v) is 3.50. The maximum Gasteiger partial charge on any atom is 0.270 e. The number of benzene rings is 1. The Morgan fingerprint density at radius 1 is 1.21 bits per heavy atom. The van der Waals surface area contributed by atoms with E-state index in [0.717, 1.165) is 0 Å². The number of amides is 2. The zero-order valence-electron chi connectivity index (χ0n) is 18.7. The van der Waals surface area contributed by atoms with Crippen LogP contribution in [0, 0.1) is 6.07 Å². The first-order chi connectivity index (χ1) is 15.2. The van der Waals surface area contributed by atoms with Crippen molar-refractivity contribution in [2.75, 3.05) is 33.5 Å². The summed E-state index contributed by atoms with van der Waals surface area (Å²) in [5.41, 5.74) is 4.60. The van der Waals surface area contributed by atoms with E-state index >= 15 is 0 Å². The largest absolute Gasteiger partial charge is 0.668 e. The summed E-state index contributed by atoms with van der Waals surface area (Å²) >= 11 is 12.9. The zero-order valence-corrected chi connectivity index (χ0v) is 26.8. The van der Waals surface area contributed by atoms with Crippen LogP contribution in [0.25, 0.3) is 16.6 Å². The molecule has 0 saturated carbocycles. The summed E-state index contributed by atoms with van der Waals surface area (Å²) in [5, 5.41) is 7.81. The molecule has 0 bridgehead atoms. The van der Waals surface area contributed by atoms with Crippen molar-refractivity contribution in [3.8, 4) is 5.82 Å². The van der Waals surface area contributed by atoms with E-state index in [1.54, 1.807) is 61.4 Å². The predicted octanol–water partition coefficient (Wildman–Crippen LogP) is 5.71. The molecular formula is C21H20Br2ClCrN6O2Y-3. The Labute approximate surface area is 256 Å². The van der Waals surface area contributed by atoms with Crippen LogP contribution in [-0.2, 0) is 50.1 Å². The van der Waals surface area contributed by atoms with Gasteiger partial charge in [-0.15, -0.1) is 29.0 Å². The molecule has 2 amide bonds. The summed E-state index contributed by atoms with van der Waals surface area (Å²) in [7, 11) is 6.53. The van der Waals surface area contributed by atoms with Crippen molar-refractivity contribution >= 4 is 61.0 Å². The van der Waals surface area contributed by atoms with E-state index in [9.17, 15) is 9.59 Å². The number of hydrogen-bond donors (Lipinski definition) is 1. The van der Waals surface area contributed by atoms with Gasteiger partial charge in [0.25, 0.3) is 5.91 Å². The van der Waals surface area contributed by atoms with Crippen LogP contribution in [-0.4, -0.2) is 54.6 Å². The molecule has 34 heavy (non-hydrogen) atoms. The Balaban J connectivity index is 0.00000207. The van der Waals surface area contributed by atoms with Crippen molar-refractivity contribution in [3.63, 3.8) is 0 Å². The van der Waals surface area contributed by atoms with Crippen molar-refractivity contribution in [1.29, 1.82) is 0 Å². The number of anilines is 1. The number of aromatic nitrogens is 2. The predicted molar refractivity (Wildman–Crippen MR) is 134 cm³/mol. The first kappa shape index (κ1) is 33.4. The summed E-state index contributed by atoms with van der Waals surface area (Å²) in [6.45, 7) is 0. The molecule has 2 aromatic heterocycles. The van der Waals surface area contributed by atoms with Gasteiger partial charge in [0.15, 0.2) is 11.7 Å². The zero-order chi connectivity index (χ0) is 23.8. The van der Waals surface area contributed by atoms with Gasteiger partial charge in [-0.2, -0.15) is 26.2 Å². The summed E-state index contributed by atoms with van der Waals surface area (Å²) in [4.78, 5) is 29.9. The fraction of sp³-hybridized carbons (Fsp3) is 0.190. The monoisotopic (exact) mass is 722 g/mol. The minimum Gasteiger partial charge on any atom is -0.668 e. The van der Waals surface area contributed by atoms with Crippen LogP contribution in [0.1, 0.15) is 20.8 Å². The van der Waals surface area contributed by atoms with Crippen LogP contribution in [0.15, 0.2) is 51.7 Å². The Morgan fingerprint density at radius 2 is 1.85 bits per heavy atom. The van der Waals surface area contributed by atoms with Crippen molar-refractivity contribution in [2.45, 2.75) is 0 Å². The Kier molecular flexibility index (Phi) is 15.9. The quantitative estimate of drug-likeness (QED) is 0.270. The molecule has 0 saturated heterocycles. The van der Waals surface area contributed by atoms with Gasteiger partial charge < -0.3 is 21.1 Å². The second-order valence-electron chi connectivity index (χ2n) is 6.26. The van der Waals surface area contributed by atoms with Gasteiger partial charge in [-0.25, -0.2) is 4.98 Å². The van der Waals surface area contributed by atoms with Crippen molar-refractivity contribution in [3.05, 3.63) is 84.8 Å². The number of carbonyl (C=O) groups is 2. The van der Waals surface area contributed by atoms with E-state index in [0.29, 0.717) is 19.8 Å². The maximum atomic E-state index is 13.0. The molecule has 0 aliphatic rings. The SMILES string of the molecule is C[N-]C.C[N-]N(C)C(=O)c1cc(Br)c[c-]c1NC(=O)c1cc(Br)cn1-c1ncccc1Cl.[Cr].[Y]. The summed E-state index contributed by atoms with van der Waals surface area (Å²) < 4.78 is 2.88. The molecule has 0 aliphatic heterocycles. The van der Waals surface area contributed by atoms with Crippen molar-refractivity contribution in [1.82, 2.24) is 14.6 Å². The van der Waals surface area contributed by atoms with Gasteiger partial charge in [0.1, 0.15) is 5.69 Å². The van der Waals surface area contributed by atoms with Gasteiger partial charge in [0.2, 0.25) is 0 Å². The van der Waals surface area contributed by atoms with Gasteiger partial charge in [-0.3, -0.25) is 14.2 Å². The summed E-state index contributed by atoms with van der Waals surface area (Å²) in [6, 6.07) is 11.1. The van der Waals surface area contributed by atoms with E-state index in [2.05, 4.69) is 59.0 Å². The molecule has 0 fully saturated rings. The van der Waals surface area contributed by atoms with Crippen LogP contribution >= 0.6 is 43.5 Å². The van der Waals surface area contributed by atoms with Crippen LogP contribution in [0.4, 0.5) is 5.69 Å². The standard InChI is InChI=1S/C19H14Br2ClN5O2.C2H6N.Cr.Y/c1-23-26(2)19(29)13-8-11(20)5-6-15(13)25-18(28)16-9-12(21)10-27(16)17-14(22)4-3-7-24-17;1-3-2;;/h3-5,7-10H,1-2H3,(H,25,28);1-2H3;;/q-2;-1;;. The van der Waals surface area contributed by atoms with Crippen molar-refractivity contribution in [2.24, 2.45) is 0 Å². The van der Waals surface area contributed by atoms with Gasteiger partial charge in [-0.05, 0) is 46.7 Å². The molecule has 2 heterocycles. The van der Waals surface area contributed by atoms with E-state index in [1.165, 1.54) is 19.1 Å². The van der Waals surface area contributed by atoms with Gasteiger partial charge in [-0.1, -0.05) is 21.8 Å².